The number of likely N-dealkylation sites (tertiary alicyclic amines) is 1. The van der Waals surface area contributed by atoms with Crippen LogP contribution in [0.1, 0.15) is 25.3 Å². The van der Waals surface area contributed by atoms with E-state index in [2.05, 4.69) is 19.8 Å². The maximum Gasteiger partial charge on any atom is 0.534 e. The molecule has 1 aromatic rings. The van der Waals surface area contributed by atoms with Gasteiger partial charge in [-0.15, -0.1) is 0 Å². The van der Waals surface area contributed by atoms with Gasteiger partial charge in [0, 0.05) is 25.0 Å². The number of rotatable bonds is 2. The van der Waals surface area contributed by atoms with Gasteiger partial charge in [-0.2, -0.15) is 21.6 Å². The lowest BCUT2D eigenvalue weighted by molar-refractivity contribution is -0.134. The lowest BCUT2D eigenvalue weighted by Gasteiger charge is -2.45. The van der Waals surface area contributed by atoms with Crippen molar-refractivity contribution in [3.8, 4) is 11.5 Å². The van der Waals surface area contributed by atoms with Gasteiger partial charge in [-0.25, -0.2) is 4.39 Å². The number of ether oxygens (including phenoxy) is 1. The summed E-state index contributed by atoms with van der Waals surface area (Å²) in [6.45, 7) is 2.69. The predicted molar refractivity (Wildman–Crippen MR) is 123 cm³/mol. The highest BCUT2D eigenvalue weighted by molar-refractivity contribution is 7.88. The van der Waals surface area contributed by atoms with Crippen LogP contribution in [-0.2, 0) is 14.9 Å². The van der Waals surface area contributed by atoms with E-state index in [0.29, 0.717) is 25.1 Å². The first-order chi connectivity index (χ1) is 16.7. The number of hydrogen-bond acceptors (Lipinski definition) is 8. The van der Waals surface area contributed by atoms with Gasteiger partial charge in [-0.05, 0) is 57.5 Å². The molecule has 1 amide bonds. The van der Waals surface area contributed by atoms with Crippen LogP contribution in [0.2, 0.25) is 0 Å². The summed E-state index contributed by atoms with van der Waals surface area (Å²) < 4.78 is 87.0. The minimum atomic E-state index is -6.05. The Bertz CT molecular complexity index is 1150. The van der Waals surface area contributed by atoms with Crippen LogP contribution in [0.25, 0.3) is 0 Å². The molecule has 3 unspecified atom stereocenters. The third kappa shape index (κ3) is 6.27. The number of aromatic nitrogens is 1. The first-order valence-corrected chi connectivity index (χ1v) is 12.5. The predicted octanol–water partition coefficient (Wildman–Crippen LogP) is 2.85. The molecule has 2 aliphatic heterocycles. The van der Waals surface area contributed by atoms with Crippen LogP contribution < -0.4 is 19.6 Å². The zero-order valence-corrected chi connectivity index (χ0v) is 20.7. The number of alkyl halides is 4. The fourth-order valence-electron chi connectivity index (χ4n) is 3.99. The molecule has 3 heterocycles. The van der Waals surface area contributed by atoms with E-state index < -0.39 is 52.0 Å². The molecule has 0 aliphatic carbocycles. The zero-order chi connectivity index (χ0) is 26.7. The summed E-state index contributed by atoms with van der Waals surface area (Å²) in [6.07, 6.45) is 1.97. The van der Waals surface area contributed by atoms with Gasteiger partial charge < -0.3 is 19.6 Å². The first kappa shape index (κ1) is 27.7. The second kappa shape index (κ2) is 10.6. The van der Waals surface area contributed by atoms with Gasteiger partial charge in [-0.1, -0.05) is 0 Å². The highest BCUT2D eigenvalue weighted by atomic mass is 32.2. The van der Waals surface area contributed by atoms with Crippen LogP contribution in [-0.4, -0.2) is 74.2 Å². The number of fused-ring (bicyclic) bond motifs is 5. The van der Waals surface area contributed by atoms with Gasteiger partial charge in [0.05, 0.1) is 17.8 Å². The summed E-state index contributed by atoms with van der Waals surface area (Å²) in [5, 5.41) is 5.85. The molecule has 3 rings (SSSR count). The molecule has 4 bridgehead atoms. The van der Waals surface area contributed by atoms with E-state index in [9.17, 15) is 30.8 Å². The minimum absolute atomic E-state index is 0.159. The summed E-state index contributed by atoms with van der Waals surface area (Å²) in [6, 6.07) is 3.37. The lowest BCUT2D eigenvalue weighted by Crippen LogP contribution is -2.61. The number of piperidine rings is 1. The quantitative estimate of drug-likeness (QED) is 0.338. The van der Waals surface area contributed by atoms with E-state index in [1.165, 1.54) is 31.5 Å². The summed E-state index contributed by atoms with van der Waals surface area (Å²) in [4.78, 5) is 18.9. The molecule has 14 heteroatoms. The van der Waals surface area contributed by atoms with Crippen molar-refractivity contribution in [2.45, 2.75) is 49.9 Å². The van der Waals surface area contributed by atoms with Crippen molar-refractivity contribution < 1.29 is 39.7 Å². The molecule has 1 fully saturated rings. The molecule has 200 valence electrons. The third-order valence-corrected chi connectivity index (χ3v) is 7.09. The van der Waals surface area contributed by atoms with E-state index in [4.69, 9.17) is 4.74 Å². The summed E-state index contributed by atoms with van der Waals surface area (Å²) in [5.74, 6) is -1.60. The highest BCUT2D eigenvalue weighted by Crippen LogP contribution is 2.35. The van der Waals surface area contributed by atoms with E-state index in [1.54, 1.807) is 6.92 Å². The normalized spacial score (nSPS) is 25.5. The van der Waals surface area contributed by atoms with Crippen LogP contribution in [0.4, 0.5) is 23.2 Å². The molecule has 0 spiro atoms. The van der Waals surface area contributed by atoms with Crippen LogP contribution in [0, 0.1) is 6.92 Å². The molecule has 1 aromatic heterocycles. The van der Waals surface area contributed by atoms with Crippen molar-refractivity contribution >= 4 is 21.7 Å². The monoisotopic (exact) mass is 536 g/mol. The third-order valence-electron chi connectivity index (χ3n) is 6.12. The van der Waals surface area contributed by atoms with Gasteiger partial charge in [0.1, 0.15) is 6.61 Å². The molecular weight excluding hydrogens is 508 g/mol. The maximum atomic E-state index is 14.7. The maximum absolute atomic E-state index is 14.7. The Kier molecular flexibility index (Phi) is 8.18. The van der Waals surface area contributed by atoms with Crippen LogP contribution in [0.15, 0.2) is 30.6 Å². The average Bonchev–Trinajstić information content (AvgIpc) is 2.77. The number of anilines is 1. The molecule has 36 heavy (non-hydrogen) atoms. The van der Waals surface area contributed by atoms with Crippen LogP contribution >= 0.6 is 0 Å². The van der Waals surface area contributed by atoms with Crippen molar-refractivity contribution in [1.82, 2.24) is 15.2 Å². The topological polar surface area (TPSA) is 110 Å². The number of nitrogens with one attached hydrogen (secondary N) is 2. The summed E-state index contributed by atoms with van der Waals surface area (Å²) >= 11 is 0. The highest BCUT2D eigenvalue weighted by Gasteiger charge is 2.49. The standard InChI is InChI=1S/C22H28F4N4O5S/c1-14-9-17-12-27-7-4-5-18(35-36(32,33)22(24,25)26)19(14)34-13-15(23)11-28-20(31)21(2)10-16(29-17)6-8-30(21)3/h4-5,7,9,12,15-16,29H,6,8,10-11,13H2,1-3H3,(H,28,31). The smallest absolute Gasteiger partial charge is 0.486 e. The number of amides is 1. The van der Waals surface area contributed by atoms with E-state index in [1.807, 2.05) is 11.9 Å². The zero-order valence-electron chi connectivity index (χ0n) is 19.9. The van der Waals surface area contributed by atoms with Gasteiger partial charge >= 0.3 is 15.6 Å². The molecular formula is C22H28F4N4O5S. The molecule has 1 saturated heterocycles. The van der Waals surface area contributed by atoms with Gasteiger partial charge in [0.2, 0.25) is 5.91 Å². The van der Waals surface area contributed by atoms with Crippen molar-refractivity contribution in [3.63, 3.8) is 0 Å². The van der Waals surface area contributed by atoms with Gasteiger partial charge in [-0.3, -0.25) is 14.7 Å². The Balaban J connectivity index is 2.15. The SMILES string of the molecule is Cc1cc2cncccc(OS(=O)(=O)C(F)(F)F)c1OCC(F)CNC(=O)C1(C)CC(CCN1C)N2. The van der Waals surface area contributed by atoms with E-state index in [0.717, 1.165) is 6.07 Å². The lowest BCUT2D eigenvalue weighted by atomic mass is 9.84. The number of nitrogens with zero attached hydrogens (tertiary/aromatic N) is 2. The van der Waals surface area contributed by atoms with Crippen molar-refractivity contribution in [3.05, 3.63) is 36.2 Å². The molecule has 3 atom stereocenters. The number of hydrogen-bond donors (Lipinski definition) is 2. The number of likely N-dealkylation sites (N-methyl/N-ethyl adjacent to an activating group) is 1. The van der Waals surface area contributed by atoms with Crippen molar-refractivity contribution in [1.29, 1.82) is 0 Å². The Morgan fingerprint density at radius 2 is 2.06 bits per heavy atom. The molecule has 0 saturated carbocycles. The van der Waals surface area contributed by atoms with Crippen LogP contribution in [0.3, 0.4) is 0 Å². The largest absolute Gasteiger partial charge is 0.534 e. The van der Waals surface area contributed by atoms with Crippen LogP contribution in [0.5, 0.6) is 11.5 Å². The first-order valence-electron chi connectivity index (χ1n) is 11.1. The van der Waals surface area contributed by atoms with Crippen molar-refractivity contribution in [2.75, 3.05) is 32.1 Å². The fourth-order valence-corrected chi connectivity index (χ4v) is 4.45. The Morgan fingerprint density at radius 1 is 1.33 bits per heavy atom. The Labute approximate surface area is 206 Å². The second-order valence-electron chi connectivity index (χ2n) is 8.89. The second-order valence-corrected chi connectivity index (χ2v) is 10.4. The summed E-state index contributed by atoms with van der Waals surface area (Å²) in [7, 11) is -4.24. The molecule has 9 nitrogen and oxygen atoms in total. The van der Waals surface area contributed by atoms with Gasteiger partial charge in [0.15, 0.2) is 17.7 Å². The number of halogens is 4. The fraction of sp³-hybridized carbons (Fsp3) is 0.545. The molecule has 2 aliphatic rings. The van der Waals surface area contributed by atoms with E-state index in [-0.39, 0.29) is 17.5 Å². The Hall–Kier alpha value is -2.87. The summed E-state index contributed by atoms with van der Waals surface area (Å²) in [5.41, 5.74) is -6.03. The van der Waals surface area contributed by atoms with E-state index >= 15 is 0 Å². The molecule has 2 N–H and O–H groups in total. The van der Waals surface area contributed by atoms with Crippen molar-refractivity contribution in [2.24, 2.45) is 0 Å². The number of aryl methyl sites for hydroxylation is 1. The minimum Gasteiger partial charge on any atom is -0.486 e. The van der Waals surface area contributed by atoms with Gasteiger partial charge in [0.25, 0.3) is 0 Å². The number of carbonyl (C=O) groups excluding carboxylic acids is 1. The number of carbonyl (C=O) groups is 1. The Morgan fingerprint density at radius 3 is 2.75 bits per heavy atom. The average molecular weight is 537 g/mol. The molecule has 0 aromatic carbocycles. The molecule has 0 radical (unpaired) electrons.